The number of carbonyl (C=O) groups is 1. The molecule has 0 amide bonds. The molecule has 0 heterocycles. The molecule has 0 fully saturated rings. The van der Waals surface area contributed by atoms with E-state index in [1.165, 1.54) is 24.3 Å². The van der Waals surface area contributed by atoms with Gasteiger partial charge in [-0.2, -0.15) is 0 Å². The van der Waals surface area contributed by atoms with Gasteiger partial charge in [0.05, 0.1) is 4.90 Å². The smallest absolute Gasteiger partial charge is 0.324 e. The molecule has 112 valence electrons. The largest absolute Gasteiger partial charge is 0.491 e. The molecular formula is C13H19NO5S. The van der Waals surface area contributed by atoms with Gasteiger partial charge in [0.15, 0.2) is 9.84 Å². The summed E-state index contributed by atoms with van der Waals surface area (Å²) in [6, 6.07) is 5.09. The van der Waals surface area contributed by atoms with Crippen LogP contribution in [0.15, 0.2) is 29.2 Å². The molecule has 1 aromatic rings. The van der Waals surface area contributed by atoms with Crippen molar-refractivity contribution in [2.24, 2.45) is 0 Å². The van der Waals surface area contributed by atoms with Gasteiger partial charge in [-0.3, -0.25) is 4.79 Å². The normalized spacial score (nSPS) is 12.9. The molecule has 0 aromatic heterocycles. The van der Waals surface area contributed by atoms with E-state index in [0.29, 0.717) is 12.3 Å². The lowest BCUT2D eigenvalue weighted by Gasteiger charge is -2.15. The number of hydrogen-bond acceptors (Lipinski definition) is 5. The second-order valence-corrected chi connectivity index (χ2v) is 6.42. The molecular weight excluding hydrogens is 282 g/mol. The van der Waals surface area contributed by atoms with Gasteiger partial charge in [-0.25, -0.2) is 8.42 Å². The Morgan fingerprint density at radius 1 is 1.35 bits per heavy atom. The molecule has 7 heteroatoms. The third-order valence-corrected chi connectivity index (χ3v) is 3.74. The molecule has 0 radical (unpaired) electrons. The Labute approximate surface area is 118 Å². The standard InChI is InChI=1S/C13H19NO5S/c1-3-8-14-12(13(15)16)9-19-10-4-6-11(7-5-10)20(2,17)18/h4-7,12,14H,3,8-9H2,1-2H3,(H,15,16). The summed E-state index contributed by atoms with van der Waals surface area (Å²) >= 11 is 0. The van der Waals surface area contributed by atoms with Crippen LogP contribution in [0.25, 0.3) is 0 Å². The summed E-state index contributed by atoms with van der Waals surface area (Å²) in [5, 5.41) is 11.9. The first-order valence-corrected chi connectivity index (χ1v) is 8.13. The van der Waals surface area contributed by atoms with E-state index in [4.69, 9.17) is 9.84 Å². The van der Waals surface area contributed by atoms with Crippen molar-refractivity contribution in [3.05, 3.63) is 24.3 Å². The molecule has 0 saturated carbocycles. The molecule has 1 atom stereocenters. The highest BCUT2D eigenvalue weighted by Gasteiger charge is 2.17. The highest BCUT2D eigenvalue weighted by molar-refractivity contribution is 7.90. The SMILES string of the molecule is CCCNC(COc1ccc(S(C)(=O)=O)cc1)C(=O)O. The maximum absolute atomic E-state index is 11.3. The highest BCUT2D eigenvalue weighted by Crippen LogP contribution is 2.15. The van der Waals surface area contributed by atoms with Crippen molar-refractivity contribution < 1.29 is 23.1 Å². The maximum atomic E-state index is 11.3. The number of carboxylic acid groups (broad SMARTS) is 1. The van der Waals surface area contributed by atoms with E-state index in [1.807, 2.05) is 6.92 Å². The van der Waals surface area contributed by atoms with E-state index in [0.717, 1.165) is 12.7 Å². The van der Waals surface area contributed by atoms with Gasteiger partial charge in [0, 0.05) is 6.26 Å². The summed E-state index contributed by atoms with van der Waals surface area (Å²) in [4.78, 5) is 11.2. The van der Waals surface area contributed by atoms with Crippen LogP contribution < -0.4 is 10.1 Å². The first kappa shape index (κ1) is 16.5. The van der Waals surface area contributed by atoms with E-state index in [2.05, 4.69) is 5.32 Å². The second-order valence-electron chi connectivity index (χ2n) is 4.40. The predicted octanol–water partition coefficient (Wildman–Crippen LogP) is 0.922. The van der Waals surface area contributed by atoms with Crippen molar-refractivity contribution in [3.63, 3.8) is 0 Å². The Hall–Kier alpha value is -1.60. The van der Waals surface area contributed by atoms with Crippen LogP contribution in [0.5, 0.6) is 5.75 Å². The third kappa shape index (κ3) is 5.18. The first-order valence-electron chi connectivity index (χ1n) is 6.23. The van der Waals surface area contributed by atoms with Crippen molar-refractivity contribution in [2.45, 2.75) is 24.3 Å². The molecule has 1 rings (SSSR count). The average Bonchev–Trinajstić information content (AvgIpc) is 2.38. The fourth-order valence-corrected chi connectivity index (χ4v) is 2.13. The summed E-state index contributed by atoms with van der Waals surface area (Å²) in [5.74, 6) is -0.548. The number of rotatable bonds is 8. The number of nitrogens with one attached hydrogen (secondary N) is 1. The van der Waals surface area contributed by atoms with Gasteiger partial charge in [-0.1, -0.05) is 6.92 Å². The van der Waals surface area contributed by atoms with Crippen LogP contribution in [0.2, 0.25) is 0 Å². The Balaban J connectivity index is 2.62. The zero-order chi connectivity index (χ0) is 15.2. The number of sulfone groups is 1. The van der Waals surface area contributed by atoms with E-state index in [9.17, 15) is 13.2 Å². The van der Waals surface area contributed by atoms with Crippen LogP contribution in [-0.2, 0) is 14.6 Å². The van der Waals surface area contributed by atoms with Crippen molar-refractivity contribution >= 4 is 15.8 Å². The second kappa shape index (κ2) is 7.25. The Bertz CT molecular complexity index is 538. The highest BCUT2D eigenvalue weighted by atomic mass is 32.2. The quantitative estimate of drug-likeness (QED) is 0.742. The van der Waals surface area contributed by atoms with E-state index in [1.54, 1.807) is 0 Å². The van der Waals surface area contributed by atoms with Crippen LogP contribution in [0.1, 0.15) is 13.3 Å². The number of benzene rings is 1. The van der Waals surface area contributed by atoms with E-state index >= 15 is 0 Å². The first-order chi connectivity index (χ1) is 9.34. The molecule has 6 nitrogen and oxygen atoms in total. The lowest BCUT2D eigenvalue weighted by atomic mass is 10.3. The fraction of sp³-hybridized carbons (Fsp3) is 0.462. The molecule has 20 heavy (non-hydrogen) atoms. The number of carboxylic acids is 1. The van der Waals surface area contributed by atoms with Gasteiger partial charge >= 0.3 is 5.97 Å². The van der Waals surface area contributed by atoms with Gasteiger partial charge in [0.2, 0.25) is 0 Å². The fourth-order valence-electron chi connectivity index (χ4n) is 1.50. The van der Waals surface area contributed by atoms with Crippen molar-refractivity contribution in [2.75, 3.05) is 19.4 Å². The number of aliphatic carboxylic acids is 1. The Morgan fingerprint density at radius 2 is 1.95 bits per heavy atom. The van der Waals surface area contributed by atoms with Gasteiger partial charge in [-0.15, -0.1) is 0 Å². The van der Waals surface area contributed by atoms with Crippen molar-refractivity contribution in [1.82, 2.24) is 5.32 Å². The van der Waals surface area contributed by atoms with Gasteiger partial charge in [0.1, 0.15) is 18.4 Å². The molecule has 0 aliphatic carbocycles. The summed E-state index contributed by atoms with van der Waals surface area (Å²) in [6.07, 6.45) is 1.95. The summed E-state index contributed by atoms with van der Waals surface area (Å²) in [6.45, 7) is 2.51. The lowest BCUT2D eigenvalue weighted by Crippen LogP contribution is -2.41. The predicted molar refractivity (Wildman–Crippen MR) is 74.8 cm³/mol. The third-order valence-electron chi connectivity index (χ3n) is 2.61. The molecule has 0 bridgehead atoms. The van der Waals surface area contributed by atoms with Gasteiger partial charge in [0.25, 0.3) is 0 Å². The van der Waals surface area contributed by atoms with Crippen molar-refractivity contribution in [3.8, 4) is 5.75 Å². The minimum atomic E-state index is -3.24. The molecule has 1 unspecified atom stereocenters. The van der Waals surface area contributed by atoms with Crippen LogP contribution in [0, 0.1) is 0 Å². The van der Waals surface area contributed by atoms with Crippen molar-refractivity contribution in [1.29, 1.82) is 0 Å². The zero-order valence-electron chi connectivity index (χ0n) is 11.5. The monoisotopic (exact) mass is 301 g/mol. The van der Waals surface area contributed by atoms with Crippen LogP contribution >= 0.6 is 0 Å². The van der Waals surface area contributed by atoms with Crippen LogP contribution in [0.4, 0.5) is 0 Å². The van der Waals surface area contributed by atoms with Gasteiger partial charge < -0.3 is 15.2 Å². The van der Waals surface area contributed by atoms with E-state index < -0.39 is 21.8 Å². The Kier molecular flexibility index (Phi) is 5.97. The summed E-state index contributed by atoms with van der Waals surface area (Å²) in [7, 11) is -3.24. The number of ether oxygens (including phenoxy) is 1. The molecule has 0 aliphatic rings. The van der Waals surface area contributed by atoms with Gasteiger partial charge in [-0.05, 0) is 37.2 Å². The molecule has 0 aliphatic heterocycles. The Morgan fingerprint density at radius 3 is 2.40 bits per heavy atom. The maximum Gasteiger partial charge on any atom is 0.324 e. The summed E-state index contributed by atoms with van der Waals surface area (Å²) in [5.41, 5.74) is 0. The van der Waals surface area contributed by atoms with Crippen LogP contribution in [-0.4, -0.2) is 44.9 Å². The molecule has 2 N–H and O–H groups in total. The molecule has 0 spiro atoms. The minimum absolute atomic E-state index is 0.0203. The number of hydrogen-bond donors (Lipinski definition) is 2. The topological polar surface area (TPSA) is 92.7 Å². The molecule has 1 aromatic carbocycles. The molecule has 0 saturated heterocycles. The summed E-state index contributed by atoms with van der Waals surface area (Å²) < 4.78 is 27.9. The average molecular weight is 301 g/mol. The zero-order valence-corrected chi connectivity index (χ0v) is 12.3. The van der Waals surface area contributed by atoms with Crippen LogP contribution in [0.3, 0.4) is 0 Å². The minimum Gasteiger partial charge on any atom is -0.491 e. The lowest BCUT2D eigenvalue weighted by molar-refractivity contribution is -0.140. The van der Waals surface area contributed by atoms with E-state index in [-0.39, 0.29) is 11.5 Å².